The number of pyridine rings is 1. The number of hydrazine groups is 1. The topological polar surface area (TPSA) is 142 Å². The number of rotatable bonds is 12. The summed E-state index contributed by atoms with van der Waals surface area (Å²) in [6, 6.07) is 21.2. The maximum atomic E-state index is 13.7. The largest absolute Gasteiger partial charge is 0.453 e. The number of carbonyl (C=O) groups excluding carboxylic acids is 3. The van der Waals surface area contributed by atoms with Crippen molar-refractivity contribution in [3.8, 4) is 11.3 Å². The van der Waals surface area contributed by atoms with Gasteiger partial charge in [-0.1, -0.05) is 81.4 Å². The van der Waals surface area contributed by atoms with Gasteiger partial charge in [0.15, 0.2) is 0 Å². The van der Waals surface area contributed by atoms with Gasteiger partial charge in [0.25, 0.3) is 5.91 Å². The first-order valence-electron chi connectivity index (χ1n) is 15.3. The van der Waals surface area contributed by atoms with E-state index < -0.39 is 47.3 Å². The number of nitrogens with zero attached hydrogens (tertiary/aromatic N) is 2. The number of methoxy groups -OCH3 is 1. The van der Waals surface area contributed by atoms with Gasteiger partial charge in [0.1, 0.15) is 11.6 Å². The summed E-state index contributed by atoms with van der Waals surface area (Å²) in [6.45, 7) is 10.9. The molecule has 0 aliphatic heterocycles. The first-order chi connectivity index (χ1) is 21.6. The zero-order valence-electron chi connectivity index (χ0n) is 27.7. The second-order valence-electron chi connectivity index (χ2n) is 13.2. The Hall–Kier alpha value is -4.48. The van der Waals surface area contributed by atoms with Crippen LogP contribution < -0.4 is 16.1 Å². The van der Waals surface area contributed by atoms with E-state index in [4.69, 9.17) is 9.47 Å². The van der Waals surface area contributed by atoms with Crippen LogP contribution in [0.2, 0.25) is 0 Å². The van der Waals surface area contributed by atoms with E-state index in [9.17, 15) is 19.5 Å². The van der Waals surface area contributed by atoms with E-state index >= 15 is 0 Å². The van der Waals surface area contributed by atoms with Crippen molar-refractivity contribution in [3.05, 3.63) is 90.1 Å². The lowest BCUT2D eigenvalue weighted by Gasteiger charge is -2.34. The van der Waals surface area contributed by atoms with Crippen molar-refractivity contribution >= 4 is 18.1 Å². The van der Waals surface area contributed by atoms with Gasteiger partial charge in [-0.3, -0.25) is 15.2 Å². The molecule has 3 aromatic rings. The van der Waals surface area contributed by atoms with Gasteiger partial charge in [0.2, 0.25) is 0 Å². The molecule has 3 unspecified atom stereocenters. The Balaban J connectivity index is 1.89. The fraction of sp³-hybridized carbons (Fsp3) is 0.429. The molecule has 11 heteroatoms. The van der Waals surface area contributed by atoms with Crippen molar-refractivity contribution in [1.82, 2.24) is 26.1 Å². The number of ether oxygens (including phenoxy) is 2. The third kappa shape index (κ3) is 11.8. The number of hydrogen-bond donors (Lipinski definition) is 4. The van der Waals surface area contributed by atoms with Gasteiger partial charge in [0, 0.05) is 24.8 Å². The lowest BCUT2D eigenvalue weighted by molar-refractivity contribution is -0.131. The van der Waals surface area contributed by atoms with Gasteiger partial charge >= 0.3 is 12.2 Å². The molecule has 3 amide bonds. The van der Waals surface area contributed by atoms with Gasteiger partial charge in [0.05, 0.1) is 24.9 Å². The van der Waals surface area contributed by atoms with Gasteiger partial charge in [-0.15, -0.1) is 0 Å². The van der Waals surface area contributed by atoms with Crippen molar-refractivity contribution in [2.45, 2.75) is 78.3 Å². The number of aliphatic hydroxyl groups is 1. The van der Waals surface area contributed by atoms with E-state index in [-0.39, 0.29) is 13.1 Å². The molecule has 3 rings (SSSR count). The second-order valence-corrected chi connectivity index (χ2v) is 13.2. The van der Waals surface area contributed by atoms with Crippen LogP contribution >= 0.6 is 0 Å². The normalized spacial score (nSPS) is 13.7. The number of hydrogen-bond acceptors (Lipinski definition) is 8. The van der Waals surface area contributed by atoms with Crippen LogP contribution in [0.3, 0.4) is 0 Å². The third-order valence-corrected chi connectivity index (χ3v) is 7.00. The Morgan fingerprint density at radius 2 is 1.50 bits per heavy atom. The molecule has 0 aliphatic carbocycles. The summed E-state index contributed by atoms with van der Waals surface area (Å²) in [7, 11) is 1.23. The number of alkyl carbamates (subject to hydrolysis) is 2. The molecule has 0 aliphatic rings. The number of carbonyl (C=O) groups is 3. The SMILES string of the molecule is COC(=O)NC(C(=O)NN(Cc1ccc(-c2ccccn2)cc1)CC(O)C(Cc1ccccc1)NC(=O)OC(C)(C)C)C(C)(C)C. The van der Waals surface area contributed by atoms with Crippen molar-refractivity contribution < 1.29 is 29.0 Å². The molecule has 1 heterocycles. The Bertz CT molecular complexity index is 1410. The smallest absolute Gasteiger partial charge is 0.407 e. The molecule has 0 bridgehead atoms. The second kappa shape index (κ2) is 16.2. The van der Waals surface area contributed by atoms with Gasteiger partial charge in [-0.05, 0) is 55.9 Å². The van der Waals surface area contributed by atoms with E-state index in [0.717, 1.165) is 22.4 Å². The number of amides is 3. The Morgan fingerprint density at radius 3 is 2.07 bits per heavy atom. The van der Waals surface area contributed by atoms with Crippen LogP contribution in [0.15, 0.2) is 79.0 Å². The molecular formula is C35H47N5O6. The van der Waals surface area contributed by atoms with E-state index in [0.29, 0.717) is 6.42 Å². The summed E-state index contributed by atoms with van der Waals surface area (Å²) < 4.78 is 10.2. The highest BCUT2D eigenvalue weighted by atomic mass is 16.6. The fourth-order valence-corrected chi connectivity index (χ4v) is 4.72. The minimum absolute atomic E-state index is 0.0594. The minimum atomic E-state index is -1.14. The fourth-order valence-electron chi connectivity index (χ4n) is 4.72. The Kier molecular flexibility index (Phi) is 12.7. The molecular weight excluding hydrogens is 586 g/mol. The molecule has 4 N–H and O–H groups in total. The Labute approximate surface area is 271 Å². The van der Waals surface area contributed by atoms with E-state index in [1.807, 2.05) is 93.6 Å². The van der Waals surface area contributed by atoms with Gasteiger partial charge in [-0.25, -0.2) is 14.6 Å². The summed E-state index contributed by atoms with van der Waals surface area (Å²) in [4.78, 5) is 43.0. The van der Waals surface area contributed by atoms with E-state index in [1.165, 1.54) is 7.11 Å². The highest BCUT2D eigenvalue weighted by Crippen LogP contribution is 2.21. The zero-order chi connectivity index (χ0) is 33.9. The lowest BCUT2D eigenvalue weighted by atomic mass is 9.86. The molecule has 0 saturated heterocycles. The van der Waals surface area contributed by atoms with Crippen LogP contribution in [0.25, 0.3) is 11.3 Å². The number of benzene rings is 2. The van der Waals surface area contributed by atoms with Crippen LogP contribution in [0.5, 0.6) is 0 Å². The lowest BCUT2D eigenvalue weighted by Crippen LogP contribution is -2.59. The monoisotopic (exact) mass is 633 g/mol. The standard InChI is InChI=1S/C35H47N5O6/c1-34(2,3)30(38-32(43)45-7)31(42)39-40(22-25-16-18-26(19-17-25)27-15-11-12-20-36-27)23-29(41)28(21-24-13-9-8-10-14-24)37-33(44)46-35(4,5)6/h8-20,28-30,41H,21-23H2,1-7H3,(H,37,44)(H,38,43)(H,39,42). The van der Waals surface area contributed by atoms with Crippen molar-refractivity contribution in [1.29, 1.82) is 0 Å². The summed E-state index contributed by atoms with van der Waals surface area (Å²) >= 11 is 0. The predicted molar refractivity (Wildman–Crippen MR) is 176 cm³/mol. The van der Waals surface area contributed by atoms with Gasteiger partial charge in [-0.2, -0.15) is 0 Å². The molecule has 11 nitrogen and oxygen atoms in total. The van der Waals surface area contributed by atoms with Gasteiger partial charge < -0.3 is 25.2 Å². The quantitative estimate of drug-likeness (QED) is 0.208. The summed E-state index contributed by atoms with van der Waals surface area (Å²) in [5, 5.41) is 18.6. The first kappa shape index (κ1) is 36.0. The van der Waals surface area contributed by atoms with E-state index in [1.54, 1.807) is 32.0 Å². The average Bonchev–Trinajstić information content (AvgIpc) is 2.99. The molecule has 0 saturated carbocycles. The molecule has 2 aromatic carbocycles. The average molecular weight is 634 g/mol. The number of aromatic nitrogens is 1. The van der Waals surface area contributed by atoms with Crippen molar-refractivity contribution in [2.75, 3.05) is 13.7 Å². The molecule has 248 valence electrons. The Morgan fingerprint density at radius 1 is 0.848 bits per heavy atom. The van der Waals surface area contributed by atoms with Crippen LogP contribution in [0.4, 0.5) is 9.59 Å². The summed E-state index contributed by atoms with van der Waals surface area (Å²) in [5.41, 5.74) is 5.00. The maximum absolute atomic E-state index is 13.7. The molecule has 0 spiro atoms. The third-order valence-electron chi connectivity index (χ3n) is 7.00. The molecule has 1 aromatic heterocycles. The maximum Gasteiger partial charge on any atom is 0.407 e. The predicted octanol–water partition coefficient (Wildman–Crippen LogP) is 4.85. The number of nitrogens with one attached hydrogen (secondary N) is 3. The number of aliphatic hydroxyl groups excluding tert-OH is 1. The highest BCUT2D eigenvalue weighted by Gasteiger charge is 2.35. The summed E-state index contributed by atoms with van der Waals surface area (Å²) in [6.07, 6.45) is -0.495. The molecule has 3 atom stereocenters. The molecule has 0 radical (unpaired) electrons. The van der Waals surface area contributed by atoms with Crippen LogP contribution in [-0.2, 0) is 27.2 Å². The van der Waals surface area contributed by atoms with Crippen molar-refractivity contribution in [2.24, 2.45) is 5.41 Å². The van der Waals surface area contributed by atoms with E-state index in [2.05, 4.69) is 21.0 Å². The molecule has 46 heavy (non-hydrogen) atoms. The van der Waals surface area contributed by atoms with Crippen LogP contribution in [0, 0.1) is 5.41 Å². The highest BCUT2D eigenvalue weighted by molar-refractivity contribution is 5.86. The first-order valence-corrected chi connectivity index (χ1v) is 15.3. The summed E-state index contributed by atoms with van der Waals surface area (Å²) in [5.74, 6) is -0.491. The molecule has 0 fully saturated rings. The zero-order valence-corrected chi connectivity index (χ0v) is 27.7. The van der Waals surface area contributed by atoms with Crippen molar-refractivity contribution in [3.63, 3.8) is 0 Å². The van der Waals surface area contributed by atoms with Crippen LogP contribution in [-0.4, -0.2) is 70.6 Å². The van der Waals surface area contributed by atoms with Crippen LogP contribution in [0.1, 0.15) is 52.7 Å². The minimum Gasteiger partial charge on any atom is -0.453 e.